The third kappa shape index (κ3) is 4.41. The highest BCUT2D eigenvalue weighted by Crippen LogP contribution is 2.33. The van der Waals surface area contributed by atoms with Crippen molar-refractivity contribution in [2.24, 2.45) is 0 Å². The molecule has 1 aliphatic heterocycles. The normalized spacial score (nSPS) is 16.8. The van der Waals surface area contributed by atoms with Crippen molar-refractivity contribution in [2.45, 2.75) is 32.2 Å². The molecule has 2 aromatic heterocycles. The van der Waals surface area contributed by atoms with Gasteiger partial charge in [-0.2, -0.15) is 0 Å². The van der Waals surface area contributed by atoms with E-state index in [0.717, 1.165) is 55.1 Å². The zero-order chi connectivity index (χ0) is 21.9. The lowest BCUT2D eigenvalue weighted by molar-refractivity contribution is -0.114. The third-order valence-electron chi connectivity index (χ3n) is 6.10. The second-order valence-corrected chi connectivity index (χ2v) is 8.53. The number of benzene rings is 2. The maximum atomic E-state index is 11.5. The molecule has 0 aliphatic carbocycles. The minimum atomic E-state index is -0.0812. The molecule has 0 unspecified atom stereocenters. The van der Waals surface area contributed by atoms with Gasteiger partial charge in [-0.15, -0.1) is 0 Å². The van der Waals surface area contributed by atoms with Gasteiger partial charge in [-0.3, -0.25) is 19.7 Å². The summed E-state index contributed by atoms with van der Waals surface area (Å²) in [6.07, 6.45) is 7.76. The highest BCUT2D eigenvalue weighted by atomic mass is 16.1. The van der Waals surface area contributed by atoms with Gasteiger partial charge in [0.25, 0.3) is 0 Å². The van der Waals surface area contributed by atoms with Gasteiger partial charge in [-0.1, -0.05) is 18.2 Å². The summed E-state index contributed by atoms with van der Waals surface area (Å²) in [5, 5.41) is 4.12. The molecule has 32 heavy (non-hydrogen) atoms. The number of anilines is 1. The number of carbonyl (C=O) groups is 1. The van der Waals surface area contributed by atoms with Crippen LogP contribution in [0.5, 0.6) is 0 Å². The number of piperidine rings is 1. The van der Waals surface area contributed by atoms with Crippen molar-refractivity contribution < 1.29 is 4.79 Å². The van der Waals surface area contributed by atoms with Crippen molar-refractivity contribution in [3.63, 3.8) is 0 Å². The minimum Gasteiger partial charge on any atom is -0.361 e. The molecule has 5 rings (SSSR count). The van der Waals surface area contributed by atoms with Gasteiger partial charge in [0.2, 0.25) is 5.91 Å². The SMILES string of the molecule is CC(=O)Nc1cccc(-c2nccnc2[C@H]2CCCN(Cc3ccc4[nH]ccc4c3)C2)c1. The van der Waals surface area contributed by atoms with E-state index >= 15 is 0 Å². The summed E-state index contributed by atoms with van der Waals surface area (Å²) in [4.78, 5) is 26.7. The van der Waals surface area contributed by atoms with Crippen LogP contribution >= 0.6 is 0 Å². The predicted molar refractivity (Wildman–Crippen MR) is 127 cm³/mol. The monoisotopic (exact) mass is 425 g/mol. The van der Waals surface area contributed by atoms with E-state index in [9.17, 15) is 4.79 Å². The number of H-pyrrole nitrogens is 1. The molecule has 3 heterocycles. The van der Waals surface area contributed by atoms with E-state index in [2.05, 4.69) is 44.5 Å². The Labute approximate surface area is 187 Å². The first-order valence-corrected chi connectivity index (χ1v) is 11.1. The van der Waals surface area contributed by atoms with Gasteiger partial charge < -0.3 is 10.3 Å². The lowest BCUT2D eigenvalue weighted by atomic mass is 9.91. The zero-order valence-electron chi connectivity index (χ0n) is 18.2. The number of nitrogens with zero attached hydrogens (tertiary/aromatic N) is 3. The van der Waals surface area contributed by atoms with Crippen molar-refractivity contribution in [2.75, 3.05) is 18.4 Å². The summed E-state index contributed by atoms with van der Waals surface area (Å²) in [6.45, 7) is 4.51. The molecule has 4 aromatic rings. The molecular weight excluding hydrogens is 398 g/mol. The third-order valence-corrected chi connectivity index (χ3v) is 6.10. The molecule has 1 atom stereocenters. The van der Waals surface area contributed by atoms with Gasteiger partial charge >= 0.3 is 0 Å². The molecular formula is C26H27N5O. The standard InChI is InChI=1S/C26H27N5O/c1-18(32)30-23-6-2-4-21(15-23)25-26(29-12-11-28-25)22-5-3-13-31(17-22)16-19-7-8-24-20(14-19)9-10-27-24/h2,4,6-12,14-15,22,27H,3,5,13,16-17H2,1H3,(H,30,32)/t22-/m0/s1. The molecule has 6 heteroatoms. The van der Waals surface area contributed by atoms with Gasteiger partial charge in [0.1, 0.15) is 0 Å². The van der Waals surface area contributed by atoms with Gasteiger partial charge in [0.05, 0.1) is 11.4 Å². The average Bonchev–Trinajstić information content (AvgIpc) is 3.27. The number of hydrogen-bond donors (Lipinski definition) is 2. The highest BCUT2D eigenvalue weighted by molar-refractivity contribution is 5.89. The van der Waals surface area contributed by atoms with E-state index in [4.69, 9.17) is 4.98 Å². The van der Waals surface area contributed by atoms with Crippen LogP contribution in [0.3, 0.4) is 0 Å². The molecule has 0 radical (unpaired) electrons. The van der Waals surface area contributed by atoms with E-state index in [1.807, 2.05) is 30.5 Å². The molecule has 0 saturated carbocycles. The summed E-state index contributed by atoms with van der Waals surface area (Å²) in [5.41, 5.74) is 6.21. The van der Waals surface area contributed by atoms with Gasteiger partial charge in [0, 0.05) is 61.3 Å². The maximum absolute atomic E-state index is 11.5. The van der Waals surface area contributed by atoms with Gasteiger partial charge in [-0.05, 0) is 60.7 Å². The highest BCUT2D eigenvalue weighted by Gasteiger charge is 2.25. The fourth-order valence-corrected chi connectivity index (χ4v) is 4.70. The van der Waals surface area contributed by atoms with Gasteiger partial charge in [0.15, 0.2) is 0 Å². The minimum absolute atomic E-state index is 0.0812. The summed E-state index contributed by atoms with van der Waals surface area (Å²) < 4.78 is 0. The van der Waals surface area contributed by atoms with Crippen molar-refractivity contribution >= 4 is 22.5 Å². The molecule has 2 aromatic carbocycles. The Morgan fingerprint density at radius 2 is 2.06 bits per heavy atom. The van der Waals surface area contributed by atoms with E-state index in [1.54, 1.807) is 12.4 Å². The van der Waals surface area contributed by atoms with Crippen LogP contribution in [0.2, 0.25) is 0 Å². The number of hydrogen-bond acceptors (Lipinski definition) is 4. The van der Waals surface area contributed by atoms with Crippen molar-refractivity contribution in [1.29, 1.82) is 0 Å². The summed E-state index contributed by atoms with van der Waals surface area (Å²) in [5.74, 6) is 0.245. The summed E-state index contributed by atoms with van der Waals surface area (Å²) >= 11 is 0. The number of aromatic nitrogens is 3. The number of rotatable bonds is 5. The van der Waals surface area contributed by atoms with Crippen molar-refractivity contribution in [3.8, 4) is 11.3 Å². The topological polar surface area (TPSA) is 73.9 Å². The molecule has 0 spiro atoms. The van der Waals surface area contributed by atoms with Crippen LogP contribution in [0.15, 0.2) is 67.1 Å². The number of carbonyl (C=O) groups excluding carboxylic acids is 1. The lowest BCUT2D eigenvalue weighted by Gasteiger charge is -2.33. The van der Waals surface area contributed by atoms with Gasteiger partial charge in [-0.25, -0.2) is 0 Å². The van der Waals surface area contributed by atoms with Crippen LogP contribution in [0.1, 0.15) is 36.9 Å². The first kappa shape index (κ1) is 20.4. The Morgan fingerprint density at radius 3 is 2.97 bits per heavy atom. The quantitative estimate of drug-likeness (QED) is 0.474. The van der Waals surface area contributed by atoms with E-state index in [1.165, 1.54) is 23.4 Å². The molecule has 2 N–H and O–H groups in total. The molecule has 1 fully saturated rings. The summed E-state index contributed by atoms with van der Waals surface area (Å²) in [6, 6.07) is 16.6. The molecule has 0 bridgehead atoms. The van der Waals surface area contributed by atoms with Crippen LogP contribution in [-0.2, 0) is 11.3 Å². The Kier molecular flexibility index (Phi) is 5.69. The number of amides is 1. The largest absolute Gasteiger partial charge is 0.361 e. The number of likely N-dealkylation sites (tertiary alicyclic amines) is 1. The number of aromatic amines is 1. The van der Waals surface area contributed by atoms with E-state index < -0.39 is 0 Å². The van der Waals surface area contributed by atoms with Crippen molar-refractivity contribution in [3.05, 3.63) is 78.4 Å². The van der Waals surface area contributed by atoms with E-state index in [-0.39, 0.29) is 5.91 Å². The Hall–Kier alpha value is -3.51. The van der Waals surface area contributed by atoms with Crippen LogP contribution in [0.25, 0.3) is 22.2 Å². The Morgan fingerprint density at radius 1 is 1.16 bits per heavy atom. The fraction of sp³-hybridized carbons (Fsp3) is 0.269. The summed E-state index contributed by atoms with van der Waals surface area (Å²) in [7, 11) is 0. The first-order valence-electron chi connectivity index (χ1n) is 11.1. The first-order chi connectivity index (χ1) is 15.7. The van der Waals surface area contributed by atoms with Crippen LogP contribution in [-0.4, -0.2) is 38.8 Å². The Bertz CT molecular complexity index is 1250. The van der Waals surface area contributed by atoms with Crippen LogP contribution < -0.4 is 5.32 Å². The molecule has 162 valence electrons. The average molecular weight is 426 g/mol. The van der Waals surface area contributed by atoms with Crippen LogP contribution in [0, 0.1) is 0 Å². The van der Waals surface area contributed by atoms with Crippen LogP contribution in [0.4, 0.5) is 5.69 Å². The predicted octanol–water partition coefficient (Wildman–Crippen LogP) is 4.96. The van der Waals surface area contributed by atoms with Crippen molar-refractivity contribution in [1.82, 2.24) is 19.9 Å². The smallest absolute Gasteiger partial charge is 0.221 e. The van der Waals surface area contributed by atoms with E-state index in [0.29, 0.717) is 5.92 Å². The molecule has 1 aliphatic rings. The second-order valence-electron chi connectivity index (χ2n) is 8.53. The molecule has 1 saturated heterocycles. The number of fused-ring (bicyclic) bond motifs is 1. The molecule has 1 amide bonds. The zero-order valence-corrected chi connectivity index (χ0v) is 18.2. The maximum Gasteiger partial charge on any atom is 0.221 e. The fourth-order valence-electron chi connectivity index (χ4n) is 4.70. The second kappa shape index (κ2) is 8.93. The lowest BCUT2D eigenvalue weighted by Crippen LogP contribution is -2.34. The molecule has 6 nitrogen and oxygen atoms in total. The Balaban J connectivity index is 1.37. The number of nitrogens with one attached hydrogen (secondary N) is 2.